The SMILES string of the molecule is CCOCCCCNC(=NC)NCCCN1CCCC1C(=O)N(C)C.I. The third-order valence-corrected chi connectivity index (χ3v) is 4.44. The second-order valence-corrected chi connectivity index (χ2v) is 6.61. The molecule has 1 fully saturated rings. The summed E-state index contributed by atoms with van der Waals surface area (Å²) in [6.45, 7) is 7.36. The van der Waals surface area contributed by atoms with Crippen LogP contribution in [0.15, 0.2) is 4.99 Å². The Labute approximate surface area is 176 Å². The van der Waals surface area contributed by atoms with Gasteiger partial charge >= 0.3 is 0 Å². The molecule has 0 saturated carbocycles. The van der Waals surface area contributed by atoms with Gasteiger partial charge in [-0.2, -0.15) is 0 Å². The maximum absolute atomic E-state index is 12.2. The first-order chi connectivity index (χ1) is 12.1. The molecule has 1 heterocycles. The molecule has 26 heavy (non-hydrogen) atoms. The minimum atomic E-state index is 0. The quantitative estimate of drug-likeness (QED) is 0.202. The van der Waals surface area contributed by atoms with Crippen molar-refractivity contribution in [1.29, 1.82) is 0 Å². The van der Waals surface area contributed by atoms with Gasteiger partial charge in [0.2, 0.25) is 5.91 Å². The number of hydrogen-bond acceptors (Lipinski definition) is 4. The molecule has 2 N–H and O–H groups in total. The minimum absolute atomic E-state index is 0. The second-order valence-electron chi connectivity index (χ2n) is 6.61. The number of ether oxygens (including phenoxy) is 1. The summed E-state index contributed by atoms with van der Waals surface area (Å²) in [7, 11) is 5.47. The number of amides is 1. The topological polar surface area (TPSA) is 69.2 Å². The lowest BCUT2D eigenvalue weighted by molar-refractivity contribution is -0.133. The highest BCUT2D eigenvalue weighted by Gasteiger charge is 2.30. The number of nitrogens with zero attached hydrogens (tertiary/aromatic N) is 3. The first-order valence-electron chi connectivity index (χ1n) is 9.57. The van der Waals surface area contributed by atoms with Crippen molar-refractivity contribution < 1.29 is 9.53 Å². The number of rotatable bonds is 11. The first kappa shape index (κ1) is 25.4. The molecular weight excluding hydrogens is 445 g/mol. The molecule has 1 rings (SSSR count). The summed E-state index contributed by atoms with van der Waals surface area (Å²) in [5, 5.41) is 6.67. The Bertz CT molecular complexity index is 407. The smallest absolute Gasteiger partial charge is 0.239 e. The van der Waals surface area contributed by atoms with Crippen LogP contribution in [0.1, 0.15) is 39.0 Å². The summed E-state index contributed by atoms with van der Waals surface area (Å²) in [6, 6.07) is 0.0674. The molecule has 0 spiro atoms. The zero-order valence-corrected chi connectivity index (χ0v) is 19.3. The lowest BCUT2D eigenvalue weighted by Crippen LogP contribution is -2.44. The van der Waals surface area contributed by atoms with Gasteiger partial charge in [0, 0.05) is 54.0 Å². The molecule has 8 heteroatoms. The normalized spacial score (nSPS) is 17.7. The highest BCUT2D eigenvalue weighted by molar-refractivity contribution is 14.0. The number of nitrogens with one attached hydrogen (secondary N) is 2. The number of carbonyl (C=O) groups is 1. The average molecular weight is 483 g/mol. The van der Waals surface area contributed by atoms with E-state index in [0.29, 0.717) is 0 Å². The van der Waals surface area contributed by atoms with Crippen molar-refractivity contribution in [2.45, 2.75) is 45.1 Å². The molecule has 1 amide bonds. The van der Waals surface area contributed by atoms with Crippen LogP contribution in [0, 0.1) is 0 Å². The van der Waals surface area contributed by atoms with Gasteiger partial charge in [-0.3, -0.25) is 14.7 Å². The van der Waals surface area contributed by atoms with Gasteiger partial charge in [-0.15, -0.1) is 24.0 Å². The fourth-order valence-electron chi connectivity index (χ4n) is 3.06. The van der Waals surface area contributed by atoms with Gasteiger partial charge < -0.3 is 20.3 Å². The van der Waals surface area contributed by atoms with E-state index in [4.69, 9.17) is 4.74 Å². The Morgan fingerprint density at radius 1 is 1.23 bits per heavy atom. The van der Waals surface area contributed by atoms with Crippen molar-refractivity contribution in [3.05, 3.63) is 0 Å². The zero-order valence-electron chi connectivity index (χ0n) is 16.9. The van der Waals surface area contributed by atoms with Crippen molar-refractivity contribution in [2.24, 2.45) is 4.99 Å². The van der Waals surface area contributed by atoms with Gasteiger partial charge in [0.05, 0.1) is 6.04 Å². The molecule has 1 saturated heterocycles. The maximum Gasteiger partial charge on any atom is 0.239 e. The van der Waals surface area contributed by atoms with Gasteiger partial charge in [-0.05, 0) is 45.6 Å². The molecule has 0 radical (unpaired) electrons. The molecule has 0 aromatic carbocycles. The highest BCUT2D eigenvalue weighted by atomic mass is 127. The second kappa shape index (κ2) is 15.4. The van der Waals surface area contributed by atoms with Crippen LogP contribution in [0.3, 0.4) is 0 Å². The lowest BCUT2D eigenvalue weighted by Gasteiger charge is -2.26. The number of hydrogen-bond donors (Lipinski definition) is 2. The summed E-state index contributed by atoms with van der Waals surface area (Å²) in [5.41, 5.74) is 0. The molecule has 1 aliphatic rings. The first-order valence-corrected chi connectivity index (χ1v) is 9.57. The Kier molecular flexibility index (Phi) is 15.1. The van der Waals surface area contributed by atoms with Gasteiger partial charge in [-0.1, -0.05) is 0 Å². The van der Waals surface area contributed by atoms with E-state index >= 15 is 0 Å². The molecule has 1 unspecified atom stereocenters. The number of guanidine groups is 1. The van der Waals surface area contributed by atoms with Crippen LogP contribution in [0.5, 0.6) is 0 Å². The predicted octanol–water partition coefficient (Wildman–Crippen LogP) is 1.53. The number of halogens is 1. The maximum atomic E-state index is 12.2. The van der Waals surface area contributed by atoms with Crippen molar-refractivity contribution in [3.8, 4) is 0 Å². The molecule has 1 atom stereocenters. The minimum Gasteiger partial charge on any atom is -0.382 e. The number of likely N-dealkylation sites (tertiary alicyclic amines) is 1. The van der Waals surface area contributed by atoms with Crippen molar-refractivity contribution in [1.82, 2.24) is 20.4 Å². The van der Waals surface area contributed by atoms with E-state index in [9.17, 15) is 4.79 Å². The molecule has 1 aliphatic heterocycles. The summed E-state index contributed by atoms with van der Waals surface area (Å²) in [4.78, 5) is 20.5. The van der Waals surface area contributed by atoms with E-state index in [-0.39, 0.29) is 35.9 Å². The number of aliphatic imine (C=N–C) groups is 1. The van der Waals surface area contributed by atoms with Crippen LogP contribution in [0.25, 0.3) is 0 Å². The standard InChI is InChI=1S/C18H37N5O2.HI/c1-5-25-15-7-6-11-20-18(19-2)21-12-9-14-23-13-8-10-16(23)17(24)22(3)4;/h16H,5-15H2,1-4H3,(H2,19,20,21);1H. The van der Waals surface area contributed by atoms with E-state index < -0.39 is 0 Å². The highest BCUT2D eigenvalue weighted by Crippen LogP contribution is 2.18. The Morgan fingerprint density at radius 3 is 2.54 bits per heavy atom. The molecule has 7 nitrogen and oxygen atoms in total. The summed E-state index contributed by atoms with van der Waals surface area (Å²) < 4.78 is 5.33. The monoisotopic (exact) mass is 483 g/mol. The largest absolute Gasteiger partial charge is 0.382 e. The van der Waals surface area contributed by atoms with E-state index in [2.05, 4.69) is 20.5 Å². The number of carbonyl (C=O) groups excluding carboxylic acids is 1. The van der Waals surface area contributed by atoms with Crippen LogP contribution in [0.2, 0.25) is 0 Å². The van der Waals surface area contributed by atoms with E-state index in [1.807, 2.05) is 21.0 Å². The fourth-order valence-corrected chi connectivity index (χ4v) is 3.06. The van der Waals surface area contributed by atoms with Crippen LogP contribution >= 0.6 is 24.0 Å². The zero-order chi connectivity index (χ0) is 18.5. The van der Waals surface area contributed by atoms with Crippen molar-refractivity contribution in [3.63, 3.8) is 0 Å². The van der Waals surface area contributed by atoms with Crippen molar-refractivity contribution in [2.75, 3.05) is 60.5 Å². The van der Waals surface area contributed by atoms with Crippen molar-refractivity contribution >= 4 is 35.8 Å². The van der Waals surface area contributed by atoms with E-state index in [1.165, 1.54) is 0 Å². The summed E-state index contributed by atoms with van der Waals surface area (Å²) in [5.74, 6) is 1.08. The van der Waals surface area contributed by atoms with Crippen LogP contribution in [-0.4, -0.2) is 88.2 Å². The van der Waals surface area contributed by atoms with Gasteiger partial charge in [-0.25, -0.2) is 0 Å². The van der Waals surface area contributed by atoms with E-state index in [1.54, 1.807) is 11.9 Å². The lowest BCUT2D eigenvalue weighted by atomic mass is 10.2. The van der Waals surface area contributed by atoms with Gasteiger partial charge in [0.25, 0.3) is 0 Å². The molecule has 0 bridgehead atoms. The van der Waals surface area contributed by atoms with Gasteiger partial charge in [0.1, 0.15) is 0 Å². The fraction of sp³-hybridized carbons (Fsp3) is 0.889. The van der Waals surface area contributed by atoms with Gasteiger partial charge in [0.15, 0.2) is 5.96 Å². The summed E-state index contributed by atoms with van der Waals surface area (Å²) in [6.07, 6.45) is 5.23. The molecular formula is C18H38IN5O2. The number of likely N-dealkylation sites (N-methyl/N-ethyl adjacent to an activating group) is 1. The molecule has 0 aliphatic carbocycles. The summed E-state index contributed by atoms with van der Waals surface area (Å²) >= 11 is 0. The van der Waals surface area contributed by atoms with Crippen LogP contribution in [-0.2, 0) is 9.53 Å². The predicted molar refractivity (Wildman–Crippen MR) is 118 cm³/mol. The Hall–Kier alpha value is -0.610. The Balaban J connectivity index is 0.00000625. The number of unbranched alkanes of at least 4 members (excludes halogenated alkanes) is 1. The Morgan fingerprint density at radius 2 is 1.92 bits per heavy atom. The van der Waals surface area contributed by atoms with E-state index in [0.717, 1.165) is 77.5 Å². The average Bonchev–Trinajstić information content (AvgIpc) is 3.07. The molecule has 154 valence electrons. The third kappa shape index (κ3) is 9.91. The molecule has 0 aromatic heterocycles. The molecule has 0 aromatic rings. The van der Waals surface area contributed by atoms with Crippen LogP contribution in [0.4, 0.5) is 0 Å². The third-order valence-electron chi connectivity index (χ3n) is 4.44. The van der Waals surface area contributed by atoms with Crippen LogP contribution < -0.4 is 10.6 Å².